The Kier molecular flexibility index (Phi) is 4.27. The van der Waals surface area contributed by atoms with E-state index in [0.29, 0.717) is 24.9 Å². The summed E-state index contributed by atoms with van der Waals surface area (Å²) in [6.45, 7) is 0.729. The number of aliphatic hydroxyl groups excluding tert-OH is 1. The minimum absolute atomic E-state index is 0.222. The Morgan fingerprint density at radius 2 is 2.21 bits per heavy atom. The van der Waals surface area contributed by atoms with E-state index in [4.69, 9.17) is 16.7 Å². The molecule has 6 heteroatoms. The molecule has 4 nitrogen and oxygen atoms in total. The van der Waals surface area contributed by atoms with Crippen LogP contribution in [0.2, 0.25) is 5.02 Å². The van der Waals surface area contributed by atoms with Gasteiger partial charge in [0.1, 0.15) is 5.82 Å². The topological polar surface area (TPSA) is 60.8 Å². The van der Waals surface area contributed by atoms with Gasteiger partial charge in [-0.2, -0.15) is 0 Å². The van der Waals surface area contributed by atoms with Crippen LogP contribution in [0.25, 0.3) is 0 Å². The zero-order valence-corrected chi connectivity index (χ0v) is 11.0. The van der Waals surface area contributed by atoms with Crippen molar-refractivity contribution in [1.29, 1.82) is 0 Å². The van der Waals surface area contributed by atoms with E-state index in [1.807, 2.05) is 0 Å². The van der Waals surface area contributed by atoms with Crippen molar-refractivity contribution in [3.63, 3.8) is 0 Å². The average Bonchev–Trinajstić information content (AvgIpc) is 2.37. The number of likely N-dealkylation sites (tertiary alicyclic amines) is 1. The quantitative estimate of drug-likeness (QED) is 0.879. The molecule has 0 bridgehead atoms. The summed E-state index contributed by atoms with van der Waals surface area (Å²) in [4.78, 5) is 12.2. The smallest absolute Gasteiger partial charge is 0.407 e. The predicted molar refractivity (Wildman–Crippen MR) is 68.7 cm³/mol. The highest BCUT2D eigenvalue weighted by Gasteiger charge is 2.29. The number of hydrogen-bond donors (Lipinski definition) is 2. The van der Waals surface area contributed by atoms with E-state index < -0.39 is 18.0 Å². The Labute approximate surface area is 115 Å². The van der Waals surface area contributed by atoms with Crippen LogP contribution in [0.5, 0.6) is 0 Å². The molecular formula is C13H15ClFNO3. The van der Waals surface area contributed by atoms with Crippen LogP contribution in [0.15, 0.2) is 18.2 Å². The maximum atomic E-state index is 13.3. The molecule has 2 rings (SSSR count). The minimum Gasteiger partial charge on any atom is -0.465 e. The summed E-state index contributed by atoms with van der Waals surface area (Å²) in [6.07, 6.45) is -0.500. The van der Waals surface area contributed by atoms with Crippen molar-refractivity contribution in [2.75, 3.05) is 13.1 Å². The van der Waals surface area contributed by atoms with Crippen molar-refractivity contribution in [3.05, 3.63) is 34.6 Å². The summed E-state index contributed by atoms with van der Waals surface area (Å²) in [5.74, 6) is -0.741. The Morgan fingerprint density at radius 1 is 1.47 bits per heavy atom. The Hall–Kier alpha value is -1.33. The summed E-state index contributed by atoms with van der Waals surface area (Å²) in [5.41, 5.74) is 0.391. The van der Waals surface area contributed by atoms with E-state index >= 15 is 0 Å². The van der Waals surface area contributed by atoms with Crippen molar-refractivity contribution in [3.8, 4) is 0 Å². The maximum absolute atomic E-state index is 13.3. The second kappa shape index (κ2) is 5.75. The molecule has 1 aromatic carbocycles. The summed E-state index contributed by atoms with van der Waals surface area (Å²) >= 11 is 5.76. The summed E-state index contributed by atoms with van der Waals surface area (Å²) in [6, 6.07) is 3.91. The Morgan fingerprint density at radius 3 is 2.84 bits per heavy atom. The number of carbonyl (C=O) groups is 1. The number of hydrogen-bond acceptors (Lipinski definition) is 2. The zero-order chi connectivity index (χ0) is 14.0. The minimum atomic E-state index is -0.992. The molecule has 2 atom stereocenters. The van der Waals surface area contributed by atoms with Gasteiger partial charge in [-0.3, -0.25) is 0 Å². The summed E-state index contributed by atoms with van der Waals surface area (Å²) in [7, 11) is 0. The molecule has 0 aromatic heterocycles. The molecule has 19 heavy (non-hydrogen) atoms. The Balaban J connectivity index is 2.14. The number of piperidine rings is 1. The lowest BCUT2D eigenvalue weighted by Crippen LogP contribution is -2.40. The van der Waals surface area contributed by atoms with Gasteiger partial charge in [-0.25, -0.2) is 9.18 Å². The molecule has 1 aliphatic rings. The predicted octanol–water partition coefficient (Wildman–Crippen LogP) is 2.90. The van der Waals surface area contributed by atoms with Gasteiger partial charge in [0.05, 0.1) is 6.10 Å². The van der Waals surface area contributed by atoms with Crippen molar-refractivity contribution in [2.45, 2.75) is 18.9 Å². The van der Waals surface area contributed by atoms with Crippen molar-refractivity contribution >= 4 is 17.7 Å². The fraction of sp³-hybridized carbons (Fsp3) is 0.462. The van der Waals surface area contributed by atoms with Gasteiger partial charge >= 0.3 is 6.09 Å². The van der Waals surface area contributed by atoms with Gasteiger partial charge in [0.25, 0.3) is 0 Å². The number of amides is 1. The molecule has 1 saturated heterocycles. The number of halogens is 2. The number of nitrogens with zero attached hydrogens (tertiary/aromatic N) is 1. The molecule has 2 N–H and O–H groups in total. The van der Waals surface area contributed by atoms with Crippen molar-refractivity contribution < 1.29 is 19.4 Å². The van der Waals surface area contributed by atoms with Crippen LogP contribution < -0.4 is 0 Å². The van der Waals surface area contributed by atoms with Gasteiger partial charge < -0.3 is 15.1 Å². The Bertz CT molecular complexity index is 463. The highest BCUT2D eigenvalue weighted by Crippen LogP contribution is 2.31. The summed E-state index contributed by atoms with van der Waals surface area (Å²) < 4.78 is 13.3. The van der Waals surface area contributed by atoms with E-state index in [-0.39, 0.29) is 17.5 Å². The first kappa shape index (κ1) is 14.1. The monoisotopic (exact) mass is 287 g/mol. The van der Waals surface area contributed by atoms with Gasteiger partial charge in [-0.15, -0.1) is 0 Å². The third-order valence-electron chi connectivity index (χ3n) is 3.40. The van der Waals surface area contributed by atoms with Crippen LogP contribution in [0, 0.1) is 11.7 Å². The first-order chi connectivity index (χ1) is 8.97. The lowest BCUT2D eigenvalue weighted by molar-refractivity contribution is 0.0501. The van der Waals surface area contributed by atoms with E-state index in [9.17, 15) is 14.3 Å². The third-order valence-corrected chi connectivity index (χ3v) is 3.62. The van der Waals surface area contributed by atoms with Gasteiger partial charge in [-0.1, -0.05) is 11.6 Å². The van der Waals surface area contributed by atoms with Gasteiger partial charge in [0.15, 0.2) is 0 Å². The van der Waals surface area contributed by atoms with Crippen LogP contribution in [0.1, 0.15) is 24.5 Å². The number of carboxylic acid groups (broad SMARTS) is 1. The second-order valence-corrected chi connectivity index (χ2v) is 5.21. The van der Waals surface area contributed by atoms with Crippen LogP contribution >= 0.6 is 11.6 Å². The standard InChI is InChI=1S/C13H15ClFNO3/c14-10-4-9(5-11(15)6-10)12(17)8-2-1-3-16(7-8)13(18)19/h4-6,8,12,17H,1-3,7H2,(H,18,19)/t8?,12-/m1/s1. The molecule has 1 aromatic rings. The molecule has 104 valence electrons. The van der Waals surface area contributed by atoms with E-state index in [2.05, 4.69) is 0 Å². The first-order valence-electron chi connectivity index (χ1n) is 6.09. The van der Waals surface area contributed by atoms with E-state index in [1.165, 1.54) is 23.1 Å². The first-order valence-corrected chi connectivity index (χ1v) is 6.47. The van der Waals surface area contributed by atoms with Gasteiger partial charge in [-0.05, 0) is 36.6 Å². The lowest BCUT2D eigenvalue weighted by Gasteiger charge is -2.33. The molecule has 0 spiro atoms. The second-order valence-electron chi connectivity index (χ2n) is 4.78. The van der Waals surface area contributed by atoms with Crippen LogP contribution in [0.3, 0.4) is 0 Å². The molecule has 0 radical (unpaired) electrons. The molecule has 0 aliphatic carbocycles. The van der Waals surface area contributed by atoms with Crippen LogP contribution in [0.4, 0.5) is 9.18 Å². The SMILES string of the molecule is O=C(O)N1CCCC([C@@H](O)c2cc(F)cc(Cl)c2)C1. The number of benzene rings is 1. The van der Waals surface area contributed by atoms with E-state index in [1.54, 1.807) is 0 Å². The normalized spacial score (nSPS) is 21.2. The molecule has 0 saturated carbocycles. The molecule has 1 aliphatic heterocycles. The fourth-order valence-electron chi connectivity index (χ4n) is 2.46. The zero-order valence-electron chi connectivity index (χ0n) is 10.2. The highest BCUT2D eigenvalue weighted by molar-refractivity contribution is 6.30. The lowest BCUT2D eigenvalue weighted by atomic mass is 9.88. The van der Waals surface area contributed by atoms with Crippen LogP contribution in [-0.4, -0.2) is 34.3 Å². The van der Waals surface area contributed by atoms with Crippen molar-refractivity contribution in [1.82, 2.24) is 4.90 Å². The van der Waals surface area contributed by atoms with Crippen LogP contribution in [-0.2, 0) is 0 Å². The average molecular weight is 288 g/mol. The van der Waals surface area contributed by atoms with Crippen molar-refractivity contribution in [2.24, 2.45) is 5.92 Å². The maximum Gasteiger partial charge on any atom is 0.407 e. The highest BCUT2D eigenvalue weighted by atomic mass is 35.5. The molecular weight excluding hydrogens is 273 g/mol. The number of aliphatic hydroxyl groups is 1. The van der Waals surface area contributed by atoms with E-state index in [0.717, 1.165) is 0 Å². The third kappa shape index (κ3) is 3.36. The molecule has 1 amide bonds. The fourth-order valence-corrected chi connectivity index (χ4v) is 2.69. The summed E-state index contributed by atoms with van der Waals surface area (Å²) in [5, 5.41) is 19.4. The number of rotatable bonds is 2. The van der Waals surface area contributed by atoms with Gasteiger partial charge in [0, 0.05) is 24.0 Å². The molecule has 1 unspecified atom stereocenters. The van der Waals surface area contributed by atoms with Gasteiger partial charge in [0.2, 0.25) is 0 Å². The molecule has 1 heterocycles. The largest absolute Gasteiger partial charge is 0.465 e. The molecule has 1 fully saturated rings.